The third-order valence-corrected chi connectivity index (χ3v) is 7.79. The molecule has 0 spiro atoms. The number of piperidine rings is 2. The molecule has 4 rings (SSSR count). The zero-order chi connectivity index (χ0) is 22.2. The molecule has 3 saturated heterocycles. The number of nitrogens with zero attached hydrogens (tertiary/aromatic N) is 5. The van der Waals surface area contributed by atoms with Crippen LogP contribution in [0.1, 0.15) is 53.4 Å². The van der Waals surface area contributed by atoms with Gasteiger partial charge in [-0.25, -0.2) is 0 Å². The number of pyridine rings is 1. The highest BCUT2D eigenvalue weighted by Crippen LogP contribution is 2.32. The van der Waals surface area contributed by atoms with Crippen molar-refractivity contribution in [3.63, 3.8) is 0 Å². The summed E-state index contributed by atoms with van der Waals surface area (Å²) in [5.41, 5.74) is 1.25. The van der Waals surface area contributed by atoms with Gasteiger partial charge in [-0.2, -0.15) is 0 Å². The SMILES string of the molecule is CC(C)N1CCC(C2CCN(C)CC2)CC1.CC(C)N1CCN(c2cccnc2)CC1. The molecule has 1 aromatic rings. The maximum absolute atomic E-state index is 4.16. The van der Waals surface area contributed by atoms with Crippen LogP contribution >= 0.6 is 0 Å². The molecule has 31 heavy (non-hydrogen) atoms. The molecule has 0 aliphatic carbocycles. The number of piperazine rings is 1. The molecule has 3 aliphatic heterocycles. The van der Waals surface area contributed by atoms with Gasteiger partial charge >= 0.3 is 0 Å². The molecular weight excluding hydrogens is 382 g/mol. The maximum Gasteiger partial charge on any atom is 0.0553 e. The standard InChI is InChI=1S/C14H28N2.C12H19N3/c1-12(2)16-10-6-14(7-11-16)13-4-8-15(3)9-5-13;1-11(2)14-6-8-15(9-7-14)12-4-3-5-13-10-12/h12-14H,4-11H2,1-3H3;3-5,10-11H,6-9H2,1-2H3. The van der Waals surface area contributed by atoms with Crippen molar-refractivity contribution >= 4 is 5.69 Å². The molecule has 0 radical (unpaired) electrons. The summed E-state index contributed by atoms with van der Waals surface area (Å²) in [5.74, 6) is 2.06. The van der Waals surface area contributed by atoms with Crippen molar-refractivity contribution < 1.29 is 0 Å². The van der Waals surface area contributed by atoms with Crippen molar-refractivity contribution in [1.82, 2.24) is 19.7 Å². The van der Waals surface area contributed by atoms with Gasteiger partial charge in [-0.3, -0.25) is 9.88 Å². The van der Waals surface area contributed by atoms with E-state index in [4.69, 9.17) is 0 Å². The molecule has 0 N–H and O–H groups in total. The molecule has 0 saturated carbocycles. The fourth-order valence-electron chi connectivity index (χ4n) is 5.44. The van der Waals surface area contributed by atoms with Gasteiger partial charge in [-0.05, 0) is 111 Å². The third kappa shape index (κ3) is 7.44. The molecule has 0 amide bonds. The second-order valence-corrected chi connectivity index (χ2v) is 10.4. The van der Waals surface area contributed by atoms with Gasteiger partial charge in [-0.1, -0.05) is 0 Å². The Bertz CT molecular complexity index is 595. The van der Waals surface area contributed by atoms with Gasteiger partial charge in [0.1, 0.15) is 0 Å². The quantitative estimate of drug-likeness (QED) is 0.719. The lowest BCUT2D eigenvalue weighted by atomic mass is 9.79. The number of rotatable bonds is 4. The zero-order valence-electron chi connectivity index (χ0n) is 20.8. The highest BCUT2D eigenvalue weighted by atomic mass is 15.3. The van der Waals surface area contributed by atoms with Crippen LogP contribution in [-0.2, 0) is 0 Å². The third-order valence-electron chi connectivity index (χ3n) is 7.79. The summed E-state index contributed by atoms with van der Waals surface area (Å²) >= 11 is 0. The van der Waals surface area contributed by atoms with Gasteiger partial charge in [0, 0.05) is 44.5 Å². The average molecular weight is 430 g/mol. The van der Waals surface area contributed by atoms with Crippen molar-refractivity contribution in [2.24, 2.45) is 11.8 Å². The Kier molecular flexibility index (Phi) is 9.61. The summed E-state index contributed by atoms with van der Waals surface area (Å²) in [6.45, 7) is 19.1. The molecule has 0 atom stereocenters. The topological polar surface area (TPSA) is 25.9 Å². The predicted octanol–water partition coefficient (Wildman–Crippen LogP) is 4.06. The van der Waals surface area contributed by atoms with E-state index in [1.807, 2.05) is 18.5 Å². The second-order valence-electron chi connectivity index (χ2n) is 10.4. The maximum atomic E-state index is 4.16. The van der Waals surface area contributed by atoms with E-state index in [1.54, 1.807) is 0 Å². The van der Waals surface area contributed by atoms with E-state index < -0.39 is 0 Å². The molecule has 0 aromatic carbocycles. The van der Waals surface area contributed by atoms with E-state index in [0.717, 1.165) is 44.1 Å². The van der Waals surface area contributed by atoms with Crippen LogP contribution < -0.4 is 4.90 Å². The van der Waals surface area contributed by atoms with Gasteiger partial charge in [0.2, 0.25) is 0 Å². The van der Waals surface area contributed by atoms with Crippen LogP contribution in [0, 0.1) is 11.8 Å². The predicted molar refractivity (Wildman–Crippen MR) is 133 cm³/mol. The summed E-state index contributed by atoms with van der Waals surface area (Å²) in [6.07, 6.45) is 9.57. The molecule has 4 heterocycles. The van der Waals surface area contributed by atoms with E-state index in [9.17, 15) is 0 Å². The van der Waals surface area contributed by atoms with Crippen LogP contribution in [0.5, 0.6) is 0 Å². The Labute approximate surface area is 191 Å². The lowest BCUT2D eigenvalue weighted by Crippen LogP contribution is -2.48. The number of hydrogen-bond acceptors (Lipinski definition) is 5. The van der Waals surface area contributed by atoms with Crippen molar-refractivity contribution in [2.75, 3.05) is 64.3 Å². The van der Waals surface area contributed by atoms with E-state index in [-0.39, 0.29) is 0 Å². The largest absolute Gasteiger partial charge is 0.368 e. The Morgan fingerprint density at radius 2 is 1.26 bits per heavy atom. The summed E-state index contributed by atoms with van der Waals surface area (Å²) in [4.78, 5) is 14.2. The van der Waals surface area contributed by atoms with Gasteiger partial charge in [0.15, 0.2) is 0 Å². The highest BCUT2D eigenvalue weighted by molar-refractivity contribution is 5.44. The first kappa shape index (κ1) is 24.5. The van der Waals surface area contributed by atoms with Crippen molar-refractivity contribution in [3.8, 4) is 0 Å². The molecule has 0 bridgehead atoms. The highest BCUT2D eigenvalue weighted by Gasteiger charge is 2.29. The van der Waals surface area contributed by atoms with Crippen molar-refractivity contribution in [2.45, 2.75) is 65.5 Å². The fraction of sp³-hybridized carbons (Fsp3) is 0.808. The first-order valence-electron chi connectivity index (χ1n) is 12.8. The molecule has 0 unspecified atom stereocenters. The second kappa shape index (κ2) is 12.2. The summed E-state index contributed by atoms with van der Waals surface area (Å²) in [5, 5.41) is 0. The number of anilines is 1. The minimum atomic E-state index is 0.668. The lowest BCUT2D eigenvalue weighted by molar-refractivity contribution is 0.0906. The normalized spacial score (nSPS) is 23.3. The number of likely N-dealkylation sites (tertiary alicyclic amines) is 2. The van der Waals surface area contributed by atoms with E-state index in [1.165, 1.54) is 57.5 Å². The summed E-state index contributed by atoms with van der Waals surface area (Å²) in [6, 6.07) is 5.56. The Morgan fingerprint density at radius 3 is 1.74 bits per heavy atom. The molecule has 176 valence electrons. The first-order valence-corrected chi connectivity index (χ1v) is 12.8. The molecule has 5 nitrogen and oxygen atoms in total. The van der Waals surface area contributed by atoms with Gasteiger partial charge in [-0.15, -0.1) is 0 Å². The lowest BCUT2D eigenvalue weighted by Gasteiger charge is -2.40. The smallest absolute Gasteiger partial charge is 0.0553 e. The minimum Gasteiger partial charge on any atom is -0.368 e. The van der Waals surface area contributed by atoms with Crippen LogP contribution in [0.15, 0.2) is 24.5 Å². The van der Waals surface area contributed by atoms with Crippen LogP contribution in [0.2, 0.25) is 0 Å². The van der Waals surface area contributed by atoms with Crippen LogP contribution in [0.3, 0.4) is 0 Å². The summed E-state index contributed by atoms with van der Waals surface area (Å²) < 4.78 is 0. The van der Waals surface area contributed by atoms with E-state index in [0.29, 0.717) is 6.04 Å². The van der Waals surface area contributed by atoms with Crippen molar-refractivity contribution in [1.29, 1.82) is 0 Å². The Morgan fingerprint density at radius 1 is 0.742 bits per heavy atom. The molecule has 3 aliphatic rings. The van der Waals surface area contributed by atoms with Crippen molar-refractivity contribution in [3.05, 3.63) is 24.5 Å². The van der Waals surface area contributed by atoms with E-state index in [2.05, 4.69) is 65.4 Å². The molecular formula is C26H47N5. The van der Waals surface area contributed by atoms with Gasteiger partial charge in [0.25, 0.3) is 0 Å². The minimum absolute atomic E-state index is 0.668. The van der Waals surface area contributed by atoms with E-state index >= 15 is 0 Å². The van der Waals surface area contributed by atoms with Crippen LogP contribution in [0.4, 0.5) is 5.69 Å². The van der Waals surface area contributed by atoms with Gasteiger partial charge < -0.3 is 14.7 Å². The monoisotopic (exact) mass is 429 g/mol. The average Bonchev–Trinajstić information content (AvgIpc) is 2.81. The fourth-order valence-corrected chi connectivity index (χ4v) is 5.44. The van der Waals surface area contributed by atoms with Crippen LogP contribution in [-0.4, -0.2) is 91.2 Å². The van der Waals surface area contributed by atoms with Crippen LogP contribution in [0.25, 0.3) is 0 Å². The number of aromatic nitrogens is 1. The zero-order valence-corrected chi connectivity index (χ0v) is 20.8. The number of hydrogen-bond donors (Lipinski definition) is 0. The molecule has 5 heteroatoms. The Balaban J connectivity index is 0.000000176. The molecule has 1 aromatic heterocycles. The molecule has 3 fully saturated rings. The first-order chi connectivity index (χ1) is 14.9. The summed E-state index contributed by atoms with van der Waals surface area (Å²) in [7, 11) is 2.26. The Hall–Kier alpha value is -1.17. The van der Waals surface area contributed by atoms with Gasteiger partial charge in [0.05, 0.1) is 11.9 Å².